The quantitative estimate of drug-likeness (QED) is 0.412. The summed E-state index contributed by atoms with van der Waals surface area (Å²) in [5, 5.41) is 4.12. The number of rotatable bonds is 8. The average molecular weight is 458 g/mol. The number of methoxy groups -OCH3 is 1. The van der Waals surface area contributed by atoms with Crippen molar-refractivity contribution in [1.82, 2.24) is 5.32 Å². The SMILES string of the molecule is CCc1ccc(C(C)NC(=O)c2ccc(OCc3ccc(Cl)cc3Cl)c(OC)c2)cc1. The first-order valence-corrected chi connectivity index (χ1v) is 10.8. The summed E-state index contributed by atoms with van der Waals surface area (Å²) in [7, 11) is 1.54. The smallest absolute Gasteiger partial charge is 0.251 e. The van der Waals surface area contributed by atoms with E-state index in [1.807, 2.05) is 25.1 Å². The highest BCUT2D eigenvalue weighted by Gasteiger charge is 2.15. The second-order valence-corrected chi connectivity index (χ2v) is 8.02. The maximum absolute atomic E-state index is 12.7. The van der Waals surface area contributed by atoms with Crippen molar-refractivity contribution >= 4 is 29.1 Å². The van der Waals surface area contributed by atoms with Gasteiger partial charge >= 0.3 is 0 Å². The van der Waals surface area contributed by atoms with E-state index in [2.05, 4.69) is 24.4 Å². The van der Waals surface area contributed by atoms with Crippen LogP contribution in [-0.4, -0.2) is 13.0 Å². The molecule has 0 bridgehead atoms. The Bertz CT molecular complexity index is 1050. The summed E-state index contributed by atoms with van der Waals surface area (Å²) in [4.78, 5) is 12.7. The van der Waals surface area contributed by atoms with Crippen LogP contribution in [0.15, 0.2) is 60.7 Å². The number of ether oxygens (including phenoxy) is 2. The van der Waals surface area contributed by atoms with Gasteiger partial charge in [-0.15, -0.1) is 0 Å². The molecule has 0 aliphatic heterocycles. The van der Waals surface area contributed by atoms with Crippen molar-refractivity contribution in [3.63, 3.8) is 0 Å². The molecule has 3 rings (SSSR count). The second kappa shape index (κ2) is 10.6. The van der Waals surface area contributed by atoms with E-state index in [-0.39, 0.29) is 18.6 Å². The fourth-order valence-corrected chi connectivity index (χ4v) is 3.59. The molecular formula is C25H25Cl2NO3. The summed E-state index contributed by atoms with van der Waals surface area (Å²) in [6, 6.07) is 18.5. The van der Waals surface area contributed by atoms with Crippen LogP contribution in [0.5, 0.6) is 11.5 Å². The molecule has 3 aromatic rings. The Kier molecular flexibility index (Phi) is 7.83. The molecule has 0 heterocycles. The predicted molar refractivity (Wildman–Crippen MR) is 125 cm³/mol. The number of halogens is 2. The molecule has 0 spiro atoms. The molecule has 0 aliphatic carbocycles. The van der Waals surface area contributed by atoms with Gasteiger partial charge in [0.2, 0.25) is 0 Å². The minimum absolute atomic E-state index is 0.118. The van der Waals surface area contributed by atoms with E-state index in [0.717, 1.165) is 17.5 Å². The fourth-order valence-electron chi connectivity index (χ4n) is 3.13. The standard InChI is InChI=1S/C25H25Cl2NO3/c1-4-17-5-7-18(8-6-17)16(2)28-25(29)19-10-12-23(24(13-19)30-3)31-15-20-9-11-21(26)14-22(20)27/h5-14,16H,4,15H2,1-3H3,(H,28,29). The molecule has 0 saturated carbocycles. The van der Waals surface area contributed by atoms with E-state index in [9.17, 15) is 4.79 Å². The van der Waals surface area contributed by atoms with E-state index in [1.54, 1.807) is 30.3 Å². The third kappa shape index (κ3) is 5.93. The molecule has 6 heteroatoms. The topological polar surface area (TPSA) is 47.6 Å². The third-order valence-electron chi connectivity index (χ3n) is 5.06. The minimum Gasteiger partial charge on any atom is -0.493 e. The van der Waals surface area contributed by atoms with Crippen LogP contribution in [-0.2, 0) is 13.0 Å². The molecule has 1 amide bonds. The molecule has 1 unspecified atom stereocenters. The zero-order valence-electron chi connectivity index (χ0n) is 17.7. The highest BCUT2D eigenvalue weighted by atomic mass is 35.5. The molecule has 1 N–H and O–H groups in total. The van der Waals surface area contributed by atoms with Crippen molar-refractivity contribution in [3.05, 3.63) is 93.0 Å². The first-order valence-electron chi connectivity index (χ1n) is 10.1. The van der Waals surface area contributed by atoms with E-state index >= 15 is 0 Å². The van der Waals surface area contributed by atoms with E-state index < -0.39 is 0 Å². The Labute approximate surface area is 193 Å². The fraction of sp³-hybridized carbons (Fsp3) is 0.240. The first kappa shape index (κ1) is 23.0. The van der Waals surface area contributed by atoms with Crippen molar-refractivity contribution in [1.29, 1.82) is 0 Å². The highest BCUT2D eigenvalue weighted by molar-refractivity contribution is 6.35. The second-order valence-electron chi connectivity index (χ2n) is 7.18. The lowest BCUT2D eigenvalue weighted by molar-refractivity contribution is 0.0939. The Morgan fingerprint density at radius 2 is 1.74 bits per heavy atom. The Morgan fingerprint density at radius 3 is 2.39 bits per heavy atom. The zero-order chi connectivity index (χ0) is 22.4. The van der Waals surface area contributed by atoms with Crippen molar-refractivity contribution in [3.8, 4) is 11.5 Å². The number of hydrogen-bond acceptors (Lipinski definition) is 3. The number of amides is 1. The van der Waals surface area contributed by atoms with Gasteiger partial charge < -0.3 is 14.8 Å². The van der Waals surface area contributed by atoms with Gasteiger partial charge in [-0.05, 0) is 54.8 Å². The number of hydrogen-bond donors (Lipinski definition) is 1. The van der Waals surface area contributed by atoms with Crippen LogP contribution in [0.25, 0.3) is 0 Å². The van der Waals surface area contributed by atoms with E-state index in [0.29, 0.717) is 27.1 Å². The molecule has 162 valence electrons. The molecular weight excluding hydrogens is 433 g/mol. The highest BCUT2D eigenvalue weighted by Crippen LogP contribution is 2.30. The van der Waals surface area contributed by atoms with Crippen molar-refractivity contribution in [2.45, 2.75) is 32.9 Å². The lowest BCUT2D eigenvalue weighted by atomic mass is 10.0. The summed E-state index contributed by atoms with van der Waals surface area (Å²) in [5.74, 6) is 0.809. The van der Waals surface area contributed by atoms with Crippen LogP contribution < -0.4 is 14.8 Å². The summed E-state index contributed by atoms with van der Waals surface area (Å²) in [6.45, 7) is 4.33. The largest absolute Gasteiger partial charge is 0.493 e. The number of aryl methyl sites for hydroxylation is 1. The molecule has 4 nitrogen and oxygen atoms in total. The number of carbonyl (C=O) groups is 1. The lowest BCUT2D eigenvalue weighted by Crippen LogP contribution is -2.26. The third-order valence-corrected chi connectivity index (χ3v) is 5.65. The molecule has 0 radical (unpaired) electrons. The van der Waals surface area contributed by atoms with Gasteiger partial charge in [-0.3, -0.25) is 4.79 Å². The van der Waals surface area contributed by atoms with Gasteiger partial charge in [0.15, 0.2) is 11.5 Å². The lowest BCUT2D eigenvalue weighted by Gasteiger charge is -2.16. The molecule has 0 fully saturated rings. The summed E-state index contributed by atoms with van der Waals surface area (Å²) >= 11 is 12.1. The number of carbonyl (C=O) groups excluding carboxylic acids is 1. The Balaban J connectivity index is 1.68. The average Bonchev–Trinajstić information content (AvgIpc) is 2.78. The number of benzene rings is 3. The Hall–Kier alpha value is -2.69. The molecule has 0 aliphatic rings. The van der Waals surface area contributed by atoms with Crippen molar-refractivity contribution < 1.29 is 14.3 Å². The van der Waals surface area contributed by atoms with Gasteiger partial charge in [0.25, 0.3) is 5.91 Å². The minimum atomic E-state index is -0.183. The maximum atomic E-state index is 12.7. The van der Waals surface area contributed by atoms with Gasteiger partial charge in [-0.1, -0.05) is 60.5 Å². The monoisotopic (exact) mass is 457 g/mol. The molecule has 31 heavy (non-hydrogen) atoms. The van der Waals surface area contributed by atoms with Gasteiger partial charge in [-0.25, -0.2) is 0 Å². The predicted octanol–water partition coefficient (Wildman–Crippen LogP) is 6.63. The Morgan fingerprint density at radius 1 is 1.00 bits per heavy atom. The van der Waals surface area contributed by atoms with Gasteiger partial charge in [-0.2, -0.15) is 0 Å². The van der Waals surface area contributed by atoms with Gasteiger partial charge in [0.1, 0.15) is 6.61 Å². The molecule has 0 aromatic heterocycles. The van der Waals surface area contributed by atoms with E-state index in [1.165, 1.54) is 12.7 Å². The van der Waals surface area contributed by atoms with Crippen LogP contribution in [0, 0.1) is 0 Å². The van der Waals surface area contributed by atoms with Crippen LogP contribution in [0.2, 0.25) is 10.0 Å². The molecule has 3 aromatic carbocycles. The summed E-state index contributed by atoms with van der Waals surface area (Å²) in [5.41, 5.74) is 3.61. The van der Waals surface area contributed by atoms with Crippen LogP contribution in [0.1, 0.15) is 46.9 Å². The number of nitrogens with one attached hydrogen (secondary N) is 1. The van der Waals surface area contributed by atoms with Crippen LogP contribution >= 0.6 is 23.2 Å². The summed E-state index contributed by atoms with van der Waals surface area (Å²) < 4.78 is 11.3. The normalized spacial score (nSPS) is 11.6. The van der Waals surface area contributed by atoms with Crippen LogP contribution in [0.4, 0.5) is 0 Å². The maximum Gasteiger partial charge on any atom is 0.251 e. The van der Waals surface area contributed by atoms with Crippen molar-refractivity contribution in [2.75, 3.05) is 7.11 Å². The van der Waals surface area contributed by atoms with Crippen molar-refractivity contribution in [2.24, 2.45) is 0 Å². The van der Waals surface area contributed by atoms with Gasteiger partial charge in [0, 0.05) is 21.2 Å². The van der Waals surface area contributed by atoms with Crippen LogP contribution in [0.3, 0.4) is 0 Å². The zero-order valence-corrected chi connectivity index (χ0v) is 19.3. The van der Waals surface area contributed by atoms with Gasteiger partial charge in [0.05, 0.1) is 13.2 Å². The molecule has 1 atom stereocenters. The molecule has 0 saturated heterocycles. The van der Waals surface area contributed by atoms with E-state index in [4.69, 9.17) is 32.7 Å². The first-order chi connectivity index (χ1) is 14.9. The summed E-state index contributed by atoms with van der Waals surface area (Å²) in [6.07, 6.45) is 0.986.